The monoisotopic (exact) mass is 296 g/mol. The number of pyridine rings is 1. The molecule has 2 aromatic carbocycles. The molecule has 0 radical (unpaired) electrons. The van der Waals surface area contributed by atoms with Crippen LogP contribution in [0.2, 0.25) is 0 Å². The lowest BCUT2D eigenvalue weighted by atomic mass is 9.99. The maximum atomic E-state index is 4.19. The molecule has 2 nitrogen and oxygen atoms in total. The molecule has 0 saturated heterocycles. The number of fused-ring (bicyclic) bond motifs is 1. The third-order valence-electron chi connectivity index (χ3n) is 3.96. The normalized spacial score (nSPS) is 10.6. The Kier molecular flexibility index (Phi) is 3.49. The average molecular weight is 296 g/mol. The van der Waals surface area contributed by atoms with E-state index in [1.54, 1.807) is 0 Å². The zero-order valence-corrected chi connectivity index (χ0v) is 12.6. The maximum absolute atomic E-state index is 4.19. The van der Waals surface area contributed by atoms with Crippen LogP contribution in [0.1, 0.15) is 11.1 Å². The molecule has 0 saturated carbocycles. The number of rotatable bonds is 3. The van der Waals surface area contributed by atoms with Crippen molar-refractivity contribution < 1.29 is 0 Å². The summed E-state index contributed by atoms with van der Waals surface area (Å²) in [6, 6.07) is 25.1. The van der Waals surface area contributed by atoms with Gasteiger partial charge in [0.1, 0.15) is 0 Å². The molecule has 0 aliphatic carbocycles. The Balaban J connectivity index is 1.92. The summed E-state index contributed by atoms with van der Waals surface area (Å²) in [6.45, 7) is 0. The molecule has 4 aromatic rings. The third-order valence-corrected chi connectivity index (χ3v) is 3.96. The zero-order valence-electron chi connectivity index (χ0n) is 12.6. The molecule has 2 heterocycles. The van der Waals surface area contributed by atoms with Crippen LogP contribution in [0.15, 0.2) is 91.4 Å². The van der Waals surface area contributed by atoms with Crippen molar-refractivity contribution in [1.82, 2.24) is 9.55 Å². The second-order valence-electron chi connectivity index (χ2n) is 5.43. The number of hydrogen-bond donors (Lipinski definition) is 0. The van der Waals surface area contributed by atoms with Gasteiger partial charge < -0.3 is 4.57 Å². The minimum absolute atomic E-state index is 1.14. The van der Waals surface area contributed by atoms with Crippen LogP contribution in [-0.4, -0.2) is 9.55 Å². The Morgan fingerprint density at radius 2 is 1.43 bits per heavy atom. The molecule has 4 rings (SSSR count). The van der Waals surface area contributed by atoms with Crippen LogP contribution in [0.3, 0.4) is 0 Å². The van der Waals surface area contributed by atoms with E-state index in [1.165, 1.54) is 16.7 Å². The molecule has 0 fully saturated rings. The highest BCUT2D eigenvalue weighted by molar-refractivity contribution is 5.90. The molecular formula is C21H16N2. The first-order valence-electron chi connectivity index (χ1n) is 7.65. The van der Waals surface area contributed by atoms with Gasteiger partial charge in [-0.1, -0.05) is 60.7 Å². The van der Waals surface area contributed by atoms with Crippen LogP contribution < -0.4 is 0 Å². The van der Waals surface area contributed by atoms with Crippen molar-refractivity contribution in [2.75, 3.05) is 0 Å². The molecule has 23 heavy (non-hydrogen) atoms. The van der Waals surface area contributed by atoms with Gasteiger partial charge in [-0.15, -0.1) is 0 Å². The highest BCUT2D eigenvalue weighted by Gasteiger charge is 2.06. The first-order valence-corrected chi connectivity index (χ1v) is 7.65. The Morgan fingerprint density at radius 3 is 2.09 bits per heavy atom. The predicted octanol–water partition coefficient (Wildman–Crippen LogP) is 5.08. The minimum atomic E-state index is 1.14. The molecule has 0 N–H and O–H groups in total. The Morgan fingerprint density at radius 1 is 0.783 bits per heavy atom. The van der Waals surface area contributed by atoms with E-state index in [1.807, 2.05) is 30.6 Å². The lowest BCUT2D eigenvalue weighted by Crippen LogP contribution is -1.92. The van der Waals surface area contributed by atoms with Gasteiger partial charge >= 0.3 is 0 Å². The highest BCUT2D eigenvalue weighted by atomic mass is 14.9. The lowest BCUT2D eigenvalue weighted by Gasteiger charge is -2.10. The molecule has 0 amide bonds. The van der Waals surface area contributed by atoms with Crippen molar-refractivity contribution in [1.29, 1.82) is 0 Å². The lowest BCUT2D eigenvalue weighted by molar-refractivity contribution is 1.22. The van der Waals surface area contributed by atoms with Gasteiger partial charge in [-0.3, -0.25) is 4.98 Å². The summed E-state index contributed by atoms with van der Waals surface area (Å²) >= 11 is 0. The number of benzene rings is 2. The van der Waals surface area contributed by atoms with Gasteiger partial charge in [0.15, 0.2) is 0 Å². The summed E-state index contributed by atoms with van der Waals surface area (Å²) in [5.41, 5.74) is 4.76. The van der Waals surface area contributed by atoms with Crippen molar-refractivity contribution in [2.24, 2.45) is 0 Å². The van der Waals surface area contributed by atoms with Gasteiger partial charge in [0.05, 0.1) is 5.52 Å². The van der Waals surface area contributed by atoms with E-state index in [9.17, 15) is 0 Å². The largest absolute Gasteiger partial charge is 0.322 e. The quantitative estimate of drug-likeness (QED) is 0.515. The summed E-state index contributed by atoms with van der Waals surface area (Å²) in [5.74, 6) is 0. The van der Waals surface area contributed by atoms with Crippen LogP contribution in [0.4, 0.5) is 0 Å². The molecule has 0 aliphatic rings. The minimum Gasteiger partial charge on any atom is -0.322 e. The van der Waals surface area contributed by atoms with Crippen LogP contribution in [0.25, 0.3) is 22.7 Å². The van der Waals surface area contributed by atoms with Crippen molar-refractivity contribution in [3.63, 3.8) is 0 Å². The smallest absolute Gasteiger partial charge is 0.0553 e. The summed E-state index contributed by atoms with van der Waals surface area (Å²) < 4.78 is 2.16. The summed E-state index contributed by atoms with van der Waals surface area (Å²) in [7, 11) is 0. The van der Waals surface area contributed by atoms with Crippen molar-refractivity contribution in [2.45, 2.75) is 0 Å². The van der Waals surface area contributed by atoms with E-state index in [4.69, 9.17) is 0 Å². The van der Waals surface area contributed by atoms with Gasteiger partial charge in [0.25, 0.3) is 0 Å². The first kappa shape index (κ1) is 13.5. The van der Waals surface area contributed by atoms with Gasteiger partial charge in [0.2, 0.25) is 0 Å². The maximum Gasteiger partial charge on any atom is 0.0553 e. The van der Waals surface area contributed by atoms with E-state index in [-0.39, 0.29) is 0 Å². The molecule has 0 bridgehead atoms. The summed E-state index contributed by atoms with van der Waals surface area (Å²) in [5, 5.41) is 1.14. The van der Waals surface area contributed by atoms with Crippen molar-refractivity contribution in [3.05, 3.63) is 103 Å². The van der Waals surface area contributed by atoms with Crippen molar-refractivity contribution >= 4 is 22.7 Å². The fourth-order valence-corrected chi connectivity index (χ4v) is 2.81. The Labute approximate surface area is 135 Å². The van der Waals surface area contributed by atoms with Crippen LogP contribution in [0, 0.1) is 0 Å². The zero-order chi connectivity index (χ0) is 15.5. The first-order chi connectivity index (χ1) is 11.4. The predicted molar refractivity (Wildman–Crippen MR) is 95.9 cm³/mol. The topological polar surface area (TPSA) is 17.8 Å². The van der Waals surface area contributed by atoms with Gasteiger partial charge in [-0.2, -0.15) is 0 Å². The second kappa shape index (κ2) is 5.93. The van der Waals surface area contributed by atoms with E-state index >= 15 is 0 Å². The van der Waals surface area contributed by atoms with Crippen LogP contribution >= 0.6 is 0 Å². The Hall–Kier alpha value is -3.13. The third kappa shape index (κ3) is 2.67. The van der Waals surface area contributed by atoms with E-state index in [0.717, 1.165) is 10.9 Å². The standard InChI is InChI=1S/C21H16N2/c1-3-7-17(8-4-1)20(18-9-5-2-6-10-18)16-23-14-12-19-15-22-13-11-21(19)23/h1-16H. The molecule has 0 spiro atoms. The molecule has 0 atom stereocenters. The molecule has 2 aromatic heterocycles. The van der Waals surface area contributed by atoms with Crippen LogP contribution in [0.5, 0.6) is 0 Å². The van der Waals surface area contributed by atoms with Gasteiger partial charge in [-0.25, -0.2) is 0 Å². The fourth-order valence-electron chi connectivity index (χ4n) is 2.81. The van der Waals surface area contributed by atoms with E-state index in [2.05, 4.69) is 76.5 Å². The van der Waals surface area contributed by atoms with E-state index in [0.29, 0.717) is 0 Å². The van der Waals surface area contributed by atoms with Crippen LogP contribution in [-0.2, 0) is 0 Å². The molecule has 0 aliphatic heterocycles. The average Bonchev–Trinajstić information content (AvgIpc) is 3.04. The summed E-state index contributed by atoms with van der Waals surface area (Å²) in [6.07, 6.45) is 7.99. The highest BCUT2D eigenvalue weighted by Crippen LogP contribution is 2.25. The summed E-state index contributed by atoms with van der Waals surface area (Å²) in [4.78, 5) is 4.19. The van der Waals surface area contributed by atoms with Crippen molar-refractivity contribution in [3.8, 4) is 0 Å². The van der Waals surface area contributed by atoms with Gasteiger partial charge in [-0.05, 0) is 23.3 Å². The fraction of sp³-hybridized carbons (Fsp3) is 0. The molecular weight excluding hydrogens is 280 g/mol. The Bertz CT molecular complexity index is 909. The molecule has 110 valence electrons. The second-order valence-corrected chi connectivity index (χ2v) is 5.43. The van der Waals surface area contributed by atoms with E-state index < -0.39 is 0 Å². The van der Waals surface area contributed by atoms with Gasteiger partial charge in [0, 0.05) is 35.7 Å². The SMILES string of the molecule is C(=C(c1ccccc1)c1ccccc1)n1ccc2cnccc21. The molecule has 2 heteroatoms. The number of hydrogen-bond acceptors (Lipinski definition) is 1. The number of nitrogens with zero attached hydrogens (tertiary/aromatic N) is 2. The number of aromatic nitrogens is 2. The molecule has 0 unspecified atom stereocenters.